The van der Waals surface area contributed by atoms with E-state index in [-0.39, 0.29) is 11.3 Å². The van der Waals surface area contributed by atoms with Crippen molar-refractivity contribution >= 4 is 17.4 Å². The second-order valence-electron chi connectivity index (χ2n) is 3.36. The molecule has 0 unspecified atom stereocenters. The van der Waals surface area contributed by atoms with Gasteiger partial charge in [-0.15, -0.1) is 0 Å². The predicted octanol–water partition coefficient (Wildman–Crippen LogP) is 0.935. The number of hydrogen-bond donors (Lipinski definition) is 1. The first-order chi connectivity index (χ1) is 8.01. The number of nitrogens with two attached hydrogens (primary N) is 1. The van der Waals surface area contributed by atoms with Crippen LogP contribution in [0.2, 0.25) is 0 Å². The third-order valence-corrected chi connectivity index (χ3v) is 2.39. The van der Waals surface area contributed by atoms with Crippen LogP contribution in [-0.4, -0.2) is 28.9 Å². The van der Waals surface area contributed by atoms with Gasteiger partial charge in [0.2, 0.25) is 0 Å². The minimum absolute atomic E-state index is 0.0721. The quantitative estimate of drug-likeness (QED) is 0.607. The molecule has 0 aliphatic rings. The van der Waals surface area contributed by atoms with Crippen molar-refractivity contribution in [1.82, 2.24) is 4.98 Å². The van der Waals surface area contributed by atoms with Gasteiger partial charge in [-0.1, -0.05) is 0 Å². The number of amides is 1. The monoisotopic (exact) mass is 238 g/mol. The highest BCUT2D eigenvalue weighted by atomic mass is 16.6. The maximum absolute atomic E-state index is 11.3. The first-order valence-electron chi connectivity index (χ1n) is 5.20. The van der Waals surface area contributed by atoms with Gasteiger partial charge in [-0.05, 0) is 13.8 Å². The van der Waals surface area contributed by atoms with E-state index in [1.807, 2.05) is 18.7 Å². The van der Waals surface area contributed by atoms with Crippen LogP contribution in [0.5, 0.6) is 0 Å². The molecule has 17 heavy (non-hydrogen) atoms. The van der Waals surface area contributed by atoms with Crippen LogP contribution < -0.4 is 10.6 Å². The lowest BCUT2D eigenvalue weighted by molar-refractivity contribution is -0.385. The smallest absolute Gasteiger partial charge is 0.288 e. The van der Waals surface area contributed by atoms with E-state index >= 15 is 0 Å². The molecule has 1 amide bonds. The van der Waals surface area contributed by atoms with Gasteiger partial charge in [0, 0.05) is 19.2 Å². The van der Waals surface area contributed by atoms with Crippen LogP contribution in [0.1, 0.15) is 24.2 Å². The second-order valence-corrected chi connectivity index (χ2v) is 3.36. The summed E-state index contributed by atoms with van der Waals surface area (Å²) >= 11 is 0. The van der Waals surface area contributed by atoms with Crippen molar-refractivity contribution in [3.05, 3.63) is 27.9 Å². The Bertz CT molecular complexity index is 443. The average molecular weight is 238 g/mol. The van der Waals surface area contributed by atoms with Gasteiger partial charge >= 0.3 is 0 Å². The highest BCUT2D eigenvalue weighted by molar-refractivity contribution is 5.98. The SMILES string of the molecule is CCN(CC)c1ncc([N+](=O)[O-])cc1C(N)=O. The van der Waals surface area contributed by atoms with E-state index in [2.05, 4.69) is 4.98 Å². The predicted molar refractivity (Wildman–Crippen MR) is 63.0 cm³/mol. The molecule has 0 spiro atoms. The van der Waals surface area contributed by atoms with Crippen molar-refractivity contribution in [2.45, 2.75) is 13.8 Å². The molecular weight excluding hydrogens is 224 g/mol. The van der Waals surface area contributed by atoms with Crippen molar-refractivity contribution in [3.63, 3.8) is 0 Å². The Morgan fingerprint density at radius 2 is 2.12 bits per heavy atom. The molecule has 0 aromatic carbocycles. The highest BCUT2D eigenvalue weighted by Crippen LogP contribution is 2.21. The number of anilines is 1. The summed E-state index contributed by atoms with van der Waals surface area (Å²) in [5.74, 6) is -0.337. The summed E-state index contributed by atoms with van der Waals surface area (Å²) < 4.78 is 0. The summed E-state index contributed by atoms with van der Waals surface area (Å²) in [7, 11) is 0. The number of pyridine rings is 1. The van der Waals surface area contributed by atoms with Gasteiger partial charge in [-0.25, -0.2) is 4.98 Å². The van der Waals surface area contributed by atoms with E-state index in [0.29, 0.717) is 18.9 Å². The maximum Gasteiger partial charge on any atom is 0.288 e. The molecule has 1 rings (SSSR count). The molecule has 7 nitrogen and oxygen atoms in total. The van der Waals surface area contributed by atoms with Crippen molar-refractivity contribution in [2.75, 3.05) is 18.0 Å². The van der Waals surface area contributed by atoms with Crippen LogP contribution >= 0.6 is 0 Å². The van der Waals surface area contributed by atoms with Gasteiger partial charge in [0.05, 0.1) is 10.5 Å². The minimum Gasteiger partial charge on any atom is -0.365 e. The molecule has 1 heterocycles. The zero-order chi connectivity index (χ0) is 13.0. The van der Waals surface area contributed by atoms with Crippen molar-refractivity contribution < 1.29 is 9.72 Å². The average Bonchev–Trinajstić information content (AvgIpc) is 2.30. The molecule has 0 saturated carbocycles. The zero-order valence-corrected chi connectivity index (χ0v) is 9.71. The van der Waals surface area contributed by atoms with E-state index in [1.165, 1.54) is 0 Å². The maximum atomic E-state index is 11.3. The third kappa shape index (κ3) is 2.68. The Morgan fingerprint density at radius 1 is 1.53 bits per heavy atom. The lowest BCUT2D eigenvalue weighted by atomic mass is 10.2. The largest absolute Gasteiger partial charge is 0.365 e. The Balaban J connectivity index is 3.31. The first-order valence-corrected chi connectivity index (χ1v) is 5.20. The molecule has 0 bridgehead atoms. The summed E-state index contributed by atoms with van der Waals surface area (Å²) in [6, 6.07) is 1.16. The number of hydrogen-bond acceptors (Lipinski definition) is 5. The van der Waals surface area contributed by atoms with Crippen LogP contribution in [0.4, 0.5) is 11.5 Å². The molecule has 0 radical (unpaired) electrons. The fraction of sp³-hybridized carbons (Fsp3) is 0.400. The fourth-order valence-corrected chi connectivity index (χ4v) is 1.50. The summed E-state index contributed by atoms with van der Waals surface area (Å²) in [5, 5.41) is 10.6. The number of nitro groups is 1. The minimum atomic E-state index is -0.719. The van der Waals surface area contributed by atoms with Gasteiger partial charge in [-0.3, -0.25) is 14.9 Å². The number of primary amides is 1. The van der Waals surface area contributed by atoms with Crippen molar-refractivity contribution in [1.29, 1.82) is 0 Å². The van der Waals surface area contributed by atoms with Crippen LogP contribution in [0, 0.1) is 10.1 Å². The zero-order valence-electron chi connectivity index (χ0n) is 9.71. The van der Waals surface area contributed by atoms with Crippen LogP contribution in [0.25, 0.3) is 0 Å². The molecule has 0 atom stereocenters. The number of carbonyl (C=O) groups is 1. The molecule has 92 valence electrons. The molecule has 1 aromatic heterocycles. The normalized spacial score (nSPS) is 10.0. The van der Waals surface area contributed by atoms with Crippen molar-refractivity contribution in [2.24, 2.45) is 5.73 Å². The molecule has 0 aliphatic carbocycles. The van der Waals surface area contributed by atoms with Crippen LogP contribution in [0.15, 0.2) is 12.3 Å². The molecule has 2 N–H and O–H groups in total. The molecule has 1 aromatic rings. The highest BCUT2D eigenvalue weighted by Gasteiger charge is 2.18. The van der Waals surface area contributed by atoms with Gasteiger partial charge in [0.15, 0.2) is 0 Å². The molecule has 0 saturated heterocycles. The van der Waals surface area contributed by atoms with Gasteiger partial charge in [0.1, 0.15) is 12.0 Å². The van der Waals surface area contributed by atoms with Gasteiger partial charge < -0.3 is 10.6 Å². The fourth-order valence-electron chi connectivity index (χ4n) is 1.50. The number of aromatic nitrogens is 1. The Hall–Kier alpha value is -2.18. The Morgan fingerprint density at radius 3 is 2.53 bits per heavy atom. The second kappa shape index (κ2) is 5.24. The number of carbonyl (C=O) groups excluding carboxylic acids is 1. The first kappa shape index (κ1) is 12.9. The van der Waals surface area contributed by atoms with E-state index < -0.39 is 10.8 Å². The Labute approximate surface area is 98.4 Å². The van der Waals surface area contributed by atoms with E-state index in [1.54, 1.807) is 0 Å². The molecule has 0 aliphatic heterocycles. The summed E-state index contributed by atoms with van der Waals surface area (Å²) in [6.45, 7) is 5.08. The summed E-state index contributed by atoms with van der Waals surface area (Å²) in [6.07, 6.45) is 1.13. The molecule has 7 heteroatoms. The lowest BCUT2D eigenvalue weighted by Crippen LogP contribution is -2.27. The van der Waals surface area contributed by atoms with E-state index in [0.717, 1.165) is 12.3 Å². The topological polar surface area (TPSA) is 102 Å². The lowest BCUT2D eigenvalue weighted by Gasteiger charge is -2.21. The van der Waals surface area contributed by atoms with E-state index in [4.69, 9.17) is 5.73 Å². The molecular formula is C10H14N4O3. The number of rotatable bonds is 5. The number of nitrogens with zero attached hydrogens (tertiary/aromatic N) is 3. The summed E-state index contributed by atoms with van der Waals surface area (Å²) in [5.41, 5.74) is 5.03. The van der Waals surface area contributed by atoms with Gasteiger partial charge in [0.25, 0.3) is 11.6 Å². The standard InChI is InChI=1S/C10H14N4O3/c1-3-13(4-2)10-8(9(11)15)5-7(6-12-10)14(16)17/h5-6H,3-4H2,1-2H3,(H2,11,15). The van der Waals surface area contributed by atoms with Crippen LogP contribution in [-0.2, 0) is 0 Å². The molecule has 0 fully saturated rings. The Kier molecular flexibility index (Phi) is 3.97. The summed E-state index contributed by atoms with van der Waals surface area (Å²) in [4.78, 5) is 27.0. The van der Waals surface area contributed by atoms with Crippen LogP contribution in [0.3, 0.4) is 0 Å². The third-order valence-electron chi connectivity index (χ3n) is 2.39. The van der Waals surface area contributed by atoms with E-state index in [9.17, 15) is 14.9 Å². The van der Waals surface area contributed by atoms with Gasteiger partial charge in [-0.2, -0.15) is 0 Å². The van der Waals surface area contributed by atoms with Crippen molar-refractivity contribution in [3.8, 4) is 0 Å².